The average Bonchev–Trinajstić information content (AvgIpc) is 2.21. The maximum absolute atomic E-state index is 12.4. The van der Waals surface area contributed by atoms with E-state index in [0.29, 0.717) is 0 Å². The maximum Gasteiger partial charge on any atom is 0.294 e. The van der Waals surface area contributed by atoms with Crippen molar-refractivity contribution in [2.45, 2.75) is 18.5 Å². The Bertz CT molecular complexity index is 296. The van der Waals surface area contributed by atoms with E-state index in [-0.39, 0.29) is 0 Å². The van der Waals surface area contributed by atoms with Gasteiger partial charge in [0.25, 0.3) is 5.09 Å². The van der Waals surface area contributed by atoms with Crippen LogP contribution in [0.4, 0.5) is 17.9 Å². The van der Waals surface area contributed by atoms with E-state index >= 15 is 0 Å². The molecule has 0 aliphatic heterocycles. The molecule has 106 valence electrons. The molecule has 0 rings (SSSR count). The SMILES string of the molecule is O=[N+]([O-])CCC(CCO[N+](=O)[O-])(N(F)F)N(F)F. The Labute approximate surface area is 96.5 Å². The van der Waals surface area contributed by atoms with Gasteiger partial charge < -0.3 is 4.84 Å². The molecule has 0 aromatic rings. The molecular weight excluding hydrogens is 272 g/mol. The zero-order valence-electron chi connectivity index (χ0n) is 8.67. The second kappa shape index (κ2) is 6.85. The monoisotopic (exact) mass is 280 g/mol. The standard InChI is InChI=1S/C5H8F4N4O5/c6-11(7)5(12(8)9,1-3-10(14)15)2-4-18-13(16)17/h1-4H2. The van der Waals surface area contributed by atoms with Gasteiger partial charge in [0.1, 0.15) is 0 Å². The van der Waals surface area contributed by atoms with Crippen molar-refractivity contribution in [2.24, 2.45) is 0 Å². The summed E-state index contributed by atoms with van der Waals surface area (Å²) in [5, 5.41) is 14.6. The van der Waals surface area contributed by atoms with Crippen LogP contribution in [0.15, 0.2) is 0 Å². The highest BCUT2D eigenvalue weighted by Gasteiger charge is 2.48. The molecule has 0 aliphatic rings. The smallest absolute Gasteiger partial charge is 0.294 e. The van der Waals surface area contributed by atoms with Crippen LogP contribution in [-0.2, 0) is 4.84 Å². The van der Waals surface area contributed by atoms with Crippen LogP contribution in [0.2, 0.25) is 0 Å². The second-order valence-electron chi connectivity index (χ2n) is 3.06. The first-order valence-corrected chi connectivity index (χ1v) is 4.35. The summed E-state index contributed by atoms with van der Waals surface area (Å²) >= 11 is 0. The molecule has 9 nitrogen and oxygen atoms in total. The van der Waals surface area contributed by atoms with E-state index < -0.39 is 52.4 Å². The Kier molecular flexibility index (Phi) is 6.18. The van der Waals surface area contributed by atoms with Crippen LogP contribution < -0.4 is 0 Å². The molecule has 0 radical (unpaired) electrons. The topological polar surface area (TPSA) is 102 Å². The van der Waals surface area contributed by atoms with Gasteiger partial charge in [0.05, 0.1) is 13.0 Å². The molecule has 0 heterocycles. The van der Waals surface area contributed by atoms with E-state index in [1.807, 2.05) is 0 Å². The highest BCUT2D eigenvalue weighted by Crippen LogP contribution is 2.31. The molecule has 0 aromatic carbocycles. The lowest BCUT2D eigenvalue weighted by Gasteiger charge is -2.30. The molecule has 0 amide bonds. The first-order valence-electron chi connectivity index (χ1n) is 4.35. The number of nitro groups is 1. The van der Waals surface area contributed by atoms with Crippen LogP contribution in [0.3, 0.4) is 0 Å². The molecule has 0 saturated carbocycles. The highest BCUT2D eigenvalue weighted by molar-refractivity contribution is 4.77. The van der Waals surface area contributed by atoms with Gasteiger partial charge in [0.2, 0.25) is 12.2 Å². The Hall–Kier alpha value is -1.76. The van der Waals surface area contributed by atoms with Gasteiger partial charge in [-0.1, -0.05) is 17.9 Å². The van der Waals surface area contributed by atoms with E-state index in [0.717, 1.165) is 0 Å². The minimum Gasteiger partial charge on any atom is -0.314 e. The molecule has 0 aromatic heterocycles. The third kappa shape index (κ3) is 4.62. The van der Waals surface area contributed by atoms with Gasteiger partial charge >= 0.3 is 0 Å². The van der Waals surface area contributed by atoms with E-state index in [4.69, 9.17) is 0 Å². The van der Waals surface area contributed by atoms with Crippen molar-refractivity contribution < 1.29 is 32.8 Å². The largest absolute Gasteiger partial charge is 0.314 e. The molecule has 0 saturated heterocycles. The van der Waals surface area contributed by atoms with Gasteiger partial charge in [0.15, 0.2) is 0 Å². The first-order chi connectivity index (χ1) is 8.22. The number of rotatable bonds is 9. The van der Waals surface area contributed by atoms with Crippen LogP contribution in [-0.4, -0.2) is 39.5 Å². The zero-order chi connectivity index (χ0) is 14.3. The molecule has 18 heavy (non-hydrogen) atoms. The number of hydrogen-bond acceptors (Lipinski definition) is 7. The molecule has 0 unspecified atom stereocenters. The predicted octanol–water partition coefficient (Wildman–Crippen LogP) is 1.09. The molecule has 0 spiro atoms. The normalized spacial score (nSPS) is 11.9. The summed E-state index contributed by atoms with van der Waals surface area (Å²) in [6.45, 7) is -2.22. The molecular formula is C5H8F4N4O5. The Balaban J connectivity index is 4.74. The molecule has 0 atom stereocenters. The van der Waals surface area contributed by atoms with Crippen LogP contribution in [0.1, 0.15) is 12.8 Å². The van der Waals surface area contributed by atoms with Crippen LogP contribution in [0.5, 0.6) is 0 Å². The lowest BCUT2D eigenvalue weighted by Crippen LogP contribution is -2.50. The van der Waals surface area contributed by atoms with Crippen molar-refractivity contribution in [2.75, 3.05) is 13.2 Å². The van der Waals surface area contributed by atoms with E-state index in [9.17, 15) is 38.2 Å². The van der Waals surface area contributed by atoms with Crippen LogP contribution >= 0.6 is 0 Å². The Morgan fingerprint density at radius 1 is 1.06 bits per heavy atom. The van der Waals surface area contributed by atoms with E-state index in [2.05, 4.69) is 4.84 Å². The predicted molar refractivity (Wildman–Crippen MR) is 44.9 cm³/mol. The fraction of sp³-hybridized carbons (Fsp3) is 1.00. The lowest BCUT2D eigenvalue weighted by atomic mass is 10.0. The molecule has 0 aliphatic carbocycles. The molecule has 0 bridgehead atoms. The van der Waals surface area contributed by atoms with Crippen LogP contribution in [0, 0.1) is 20.2 Å². The van der Waals surface area contributed by atoms with Gasteiger partial charge in [-0.2, -0.15) is 0 Å². The van der Waals surface area contributed by atoms with Gasteiger partial charge in [0, 0.05) is 22.0 Å². The van der Waals surface area contributed by atoms with Gasteiger partial charge in [-0.15, -0.1) is 10.1 Å². The Morgan fingerprint density at radius 2 is 1.56 bits per heavy atom. The third-order valence-corrected chi connectivity index (χ3v) is 2.02. The van der Waals surface area contributed by atoms with Crippen molar-refractivity contribution in [3.63, 3.8) is 0 Å². The van der Waals surface area contributed by atoms with Gasteiger partial charge in [-0.3, -0.25) is 10.1 Å². The minimum absolute atomic E-state index is 1.06. The number of nitrogens with zero attached hydrogens (tertiary/aromatic N) is 4. The summed E-state index contributed by atoms with van der Waals surface area (Å²) in [6, 6.07) is 0. The summed E-state index contributed by atoms with van der Waals surface area (Å²) in [4.78, 5) is 22.4. The van der Waals surface area contributed by atoms with Crippen molar-refractivity contribution >= 4 is 0 Å². The maximum atomic E-state index is 12.4. The van der Waals surface area contributed by atoms with E-state index in [1.54, 1.807) is 0 Å². The lowest BCUT2D eigenvalue weighted by molar-refractivity contribution is -0.758. The third-order valence-electron chi connectivity index (χ3n) is 2.02. The zero-order valence-corrected chi connectivity index (χ0v) is 8.67. The first kappa shape index (κ1) is 16.2. The average molecular weight is 280 g/mol. The number of hydrogen-bond donors (Lipinski definition) is 0. The van der Waals surface area contributed by atoms with Gasteiger partial charge in [-0.25, -0.2) is 0 Å². The van der Waals surface area contributed by atoms with Crippen molar-refractivity contribution in [1.29, 1.82) is 0 Å². The fourth-order valence-corrected chi connectivity index (χ4v) is 1.07. The van der Waals surface area contributed by atoms with E-state index in [1.165, 1.54) is 0 Å². The van der Waals surface area contributed by atoms with Crippen molar-refractivity contribution in [3.05, 3.63) is 20.2 Å². The van der Waals surface area contributed by atoms with Crippen molar-refractivity contribution in [1.82, 2.24) is 10.7 Å². The number of halogens is 4. The molecule has 0 fully saturated rings. The van der Waals surface area contributed by atoms with Crippen LogP contribution in [0.25, 0.3) is 0 Å². The fourth-order valence-electron chi connectivity index (χ4n) is 1.07. The summed E-state index contributed by atoms with van der Waals surface area (Å²) in [5.41, 5.74) is -3.30. The molecule has 0 N–H and O–H groups in total. The quantitative estimate of drug-likeness (QED) is 0.205. The van der Waals surface area contributed by atoms with Crippen molar-refractivity contribution in [3.8, 4) is 0 Å². The van der Waals surface area contributed by atoms with Gasteiger partial charge in [-0.05, 0) is 0 Å². The summed E-state index contributed by atoms with van der Waals surface area (Å²) < 4.78 is 49.8. The molecule has 13 heteroatoms. The summed E-state index contributed by atoms with van der Waals surface area (Å²) in [7, 11) is 0. The highest BCUT2D eigenvalue weighted by atomic mass is 19.4. The summed E-state index contributed by atoms with van der Waals surface area (Å²) in [5.74, 6) is 0. The minimum atomic E-state index is -3.30. The second-order valence-corrected chi connectivity index (χ2v) is 3.06. The Morgan fingerprint density at radius 3 is 1.89 bits per heavy atom. The summed E-state index contributed by atoms with van der Waals surface area (Å²) in [6.07, 6.45) is -2.43.